The van der Waals surface area contributed by atoms with E-state index in [1.54, 1.807) is 35.9 Å². The fraction of sp³-hybridized carbons (Fsp3) is 0.515. The maximum Gasteiger partial charge on any atom is 1.00 e. The summed E-state index contributed by atoms with van der Waals surface area (Å²) in [6.45, 7) is 21.2. The van der Waals surface area contributed by atoms with Crippen molar-refractivity contribution in [3.63, 3.8) is 0 Å². The Hall–Kier alpha value is -5.28. The number of benzene rings is 3. The predicted octanol–water partition coefficient (Wildman–Crippen LogP) is 9.86. The Morgan fingerprint density at radius 2 is 0.872 bits per heavy atom. The van der Waals surface area contributed by atoms with Crippen molar-refractivity contribution in [3.8, 4) is 0 Å². The number of thioether (sulfide) groups is 2. The molecule has 16 nitrogen and oxygen atoms in total. The van der Waals surface area contributed by atoms with Crippen LogP contribution in [0.3, 0.4) is 0 Å². The molecule has 12 rings (SSSR count). The van der Waals surface area contributed by atoms with E-state index in [4.69, 9.17) is 27.8 Å². The summed E-state index contributed by atoms with van der Waals surface area (Å²) < 4.78 is 11.2. The second kappa shape index (κ2) is 28.5. The van der Waals surface area contributed by atoms with Crippen molar-refractivity contribution < 1.29 is 48.6 Å². The second-order valence-electron chi connectivity index (χ2n) is 25.3. The van der Waals surface area contributed by atoms with Gasteiger partial charge in [-0.15, -0.1) is 23.5 Å². The minimum Gasteiger partial charge on any atom is -0.759 e. The molecule has 3 saturated heterocycles. The van der Waals surface area contributed by atoms with Crippen LogP contribution >= 0.6 is 23.5 Å². The maximum absolute atomic E-state index is 12.7. The van der Waals surface area contributed by atoms with E-state index < -0.39 is 11.2 Å². The van der Waals surface area contributed by atoms with E-state index in [9.17, 15) is 9.59 Å². The third-order valence-corrected chi connectivity index (χ3v) is 19.4. The Labute approximate surface area is 546 Å². The van der Waals surface area contributed by atoms with Gasteiger partial charge >= 0.3 is 41.7 Å². The van der Waals surface area contributed by atoms with Crippen LogP contribution in [-0.2, 0) is 41.4 Å². The van der Waals surface area contributed by atoms with Crippen molar-refractivity contribution in [1.82, 2.24) is 40.5 Å². The van der Waals surface area contributed by atoms with Gasteiger partial charge in [-0.05, 0) is 150 Å². The Kier molecular flexibility index (Phi) is 22.1. The number of nitrogens with two attached hydrogens (primary N) is 1. The first-order chi connectivity index (χ1) is 40.3. The van der Waals surface area contributed by atoms with Crippen LogP contribution in [0.5, 0.6) is 0 Å². The number of carbonyl (C=O) groups is 2. The van der Waals surface area contributed by atoms with Gasteiger partial charge in [0.1, 0.15) is 38.7 Å². The van der Waals surface area contributed by atoms with Crippen LogP contribution in [0.2, 0.25) is 0 Å². The minimum absolute atomic E-state index is 0. The molecule has 3 aromatic heterocycles. The fourth-order valence-corrected chi connectivity index (χ4v) is 14.7. The third kappa shape index (κ3) is 15.6. The number of carbonyl (C=O) groups excluding carboxylic acids is 2. The van der Waals surface area contributed by atoms with E-state index in [1.165, 1.54) is 33.4 Å². The van der Waals surface area contributed by atoms with Gasteiger partial charge in [0.05, 0.1) is 43.1 Å². The quantitative estimate of drug-likeness (QED) is 0.0704. The maximum atomic E-state index is 12.7. The molecule has 454 valence electrons. The molecule has 3 aliphatic carbocycles. The van der Waals surface area contributed by atoms with Crippen LogP contribution < -0.4 is 60.6 Å². The number of fused-ring (bicyclic) bond motifs is 3. The van der Waals surface area contributed by atoms with E-state index in [0.29, 0.717) is 5.03 Å². The molecule has 86 heavy (non-hydrogen) atoms. The summed E-state index contributed by atoms with van der Waals surface area (Å²) in [5.74, 6) is 4.81. The summed E-state index contributed by atoms with van der Waals surface area (Å²) in [6, 6.07) is 25.7. The summed E-state index contributed by atoms with van der Waals surface area (Å²) >= 11 is 8.48. The number of aromatic nitrogens is 6. The molecule has 0 unspecified atom stereocenters. The molecule has 3 aromatic carbocycles. The first-order valence-corrected chi connectivity index (χ1v) is 32.3. The largest absolute Gasteiger partial charge is 1.00 e. The number of nitrogens with zero attached hydrogens (tertiary/aromatic N) is 9. The summed E-state index contributed by atoms with van der Waals surface area (Å²) in [5, 5.41) is 8.89. The molecule has 3 atom stereocenters. The van der Waals surface area contributed by atoms with Crippen molar-refractivity contribution in [1.29, 1.82) is 0 Å². The number of hydrogen-bond acceptors (Lipinski definition) is 17. The smallest absolute Gasteiger partial charge is 0.759 e. The molecule has 3 spiro atoms. The molecule has 0 saturated carbocycles. The van der Waals surface area contributed by atoms with Crippen molar-refractivity contribution in [3.05, 3.63) is 143 Å². The fourth-order valence-electron chi connectivity index (χ4n) is 13.5. The molecule has 0 bridgehead atoms. The number of piperidine rings is 3. The van der Waals surface area contributed by atoms with Crippen molar-refractivity contribution in [2.45, 2.75) is 165 Å². The van der Waals surface area contributed by atoms with Crippen LogP contribution in [0.4, 0.5) is 27.0 Å². The minimum atomic E-state index is -0.520. The zero-order valence-corrected chi connectivity index (χ0v) is 55.6. The standard InChI is InChI=1S/C24H32N4O2S.C22H28N4O2S.C19H24N4S.CH4.Na/c1-5-31-20-16-25-19(15-26-20)28-12-10-24(11-13-28)14-17-8-6-7-9-18(17)21(24)27-22(29)30-23(2,3)4;1-21(2,3)28-20(27)25-19-16-7-5-4-6-15(16)12-22(19)8-10-26(11-9-22)17-13-24-18(29)14-23-17;1-2-24-17-13-21-16(12-22-17)23-9-7-19(8-10-23)11-14-5-3-4-6-15(14)18(19)20;;/h6-9,15-16,21H,5,10-14H2,1-4H3,(H,27,29);4-7,13-14,19H,8-12H2,1-3H3,(H,24,29)(H,25,27);3-6,12-13,18H,2,7-11,20H2,1H3;1H4;/q;;;;+1/p-1/t21-;19-;18-;;/m111../s1. The number of nitrogens with one attached hydrogen (secondary N) is 2. The molecule has 3 aliphatic heterocycles. The summed E-state index contributed by atoms with van der Waals surface area (Å²) in [5.41, 5.74) is 13.7. The number of rotatable bonds is 9. The van der Waals surface area contributed by atoms with Gasteiger partial charge in [0.25, 0.3) is 0 Å². The summed E-state index contributed by atoms with van der Waals surface area (Å²) in [7, 11) is 0. The number of hydrogen-bond donors (Lipinski definition) is 3. The first kappa shape index (κ1) is 66.7. The van der Waals surface area contributed by atoms with E-state index >= 15 is 0 Å². The second-order valence-corrected chi connectivity index (χ2v) is 28.3. The van der Waals surface area contributed by atoms with Gasteiger partial charge in [0.2, 0.25) is 0 Å². The number of alkyl carbamates (subject to hydrolysis) is 2. The number of anilines is 3. The van der Waals surface area contributed by atoms with Gasteiger partial charge in [0.15, 0.2) is 0 Å². The number of ether oxygens (including phenoxy) is 2. The molecular formula is C66H87N12NaO4S3. The zero-order valence-electron chi connectivity index (χ0n) is 51.1. The molecule has 4 N–H and O–H groups in total. The van der Waals surface area contributed by atoms with E-state index in [0.717, 1.165) is 136 Å². The monoisotopic (exact) mass is 1230 g/mol. The SMILES string of the molecule is C.CC(C)(C)OC(=O)N[C@@H]1c2ccccc2CC12CCN(c1cnc([S-])cn1)CC2.CCSc1cnc(N2CCC3(CC2)Cc2ccccc2[C@H]3N)cn1.CCSc1cnc(N2CCC3(CC2)Cc2ccccc2[C@H]3NC(=O)OC(C)(C)C)cn1.[Na+]. The topological polar surface area (TPSA) is 190 Å². The zero-order chi connectivity index (χ0) is 59.3. The Bertz CT molecular complexity index is 3200. The van der Waals surface area contributed by atoms with Gasteiger partial charge in [0, 0.05) is 62.3 Å². The molecule has 6 heterocycles. The Morgan fingerprint density at radius 1 is 0.535 bits per heavy atom. The van der Waals surface area contributed by atoms with Crippen LogP contribution in [0.25, 0.3) is 0 Å². The van der Waals surface area contributed by atoms with E-state index in [1.807, 2.05) is 72.4 Å². The van der Waals surface area contributed by atoms with Crippen molar-refractivity contribution in [2.24, 2.45) is 22.0 Å². The van der Waals surface area contributed by atoms with Crippen molar-refractivity contribution in [2.75, 3.05) is 65.5 Å². The van der Waals surface area contributed by atoms with Gasteiger partial charge in [-0.2, -0.15) is 0 Å². The third-order valence-electron chi connectivity index (χ3n) is 17.6. The molecule has 6 aromatic rings. The van der Waals surface area contributed by atoms with Crippen molar-refractivity contribution >= 4 is 65.8 Å². The van der Waals surface area contributed by atoms with Gasteiger partial charge in [-0.3, -0.25) is 4.98 Å². The van der Waals surface area contributed by atoms with Crippen LogP contribution in [0.1, 0.15) is 153 Å². The predicted molar refractivity (Wildman–Crippen MR) is 344 cm³/mol. The van der Waals surface area contributed by atoms with E-state index in [-0.39, 0.29) is 83.5 Å². The average Bonchev–Trinajstić information content (AvgIpc) is 1.85. The van der Waals surface area contributed by atoms with Crippen LogP contribution in [-0.4, -0.2) is 104 Å². The number of amides is 2. The summed E-state index contributed by atoms with van der Waals surface area (Å²) in [4.78, 5) is 59.1. The molecule has 0 radical (unpaired) electrons. The molecule has 6 aliphatic rings. The van der Waals surface area contributed by atoms with Crippen LogP contribution in [0, 0.1) is 16.2 Å². The molecule has 2 amide bonds. The Morgan fingerprint density at radius 3 is 1.21 bits per heavy atom. The van der Waals surface area contributed by atoms with E-state index in [2.05, 4.69) is 136 Å². The molecule has 3 fully saturated rings. The van der Waals surface area contributed by atoms with Gasteiger partial charge < -0.3 is 53.2 Å². The molecular weight excluding hydrogens is 1140 g/mol. The van der Waals surface area contributed by atoms with Crippen LogP contribution in [0.15, 0.2) is 125 Å². The molecule has 20 heteroatoms. The van der Waals surface area contributed by atoms with Gasteiger partial charge in [-0.25, -0.2) is 34.5 Å². The Balaban J connectivity index is 0.000000167. The summed E-state index contributed by atoms with van der Waals surface area (Å²) in [6.07, 6.45) is 19.4. The average molecular weight is 1230 g/mol. The first-order valence-electron chi connectivity index (χ1n) is 29.9. The normalized spacial score (nSPS) is 20.2. The van der Waals surface area contributed by atoms with Gasteiger partial charge in [-0.1, -0.05) is 99.1 Å².